The second-order valence-corrected chi connectivity index (χ2v) is 3.74. The van der Waals surface area contributed by atoms with Crippen LogP contribution in [-0.4, -0.2) is 4.98 Å². The molecule has 13 heavy (non-hydrogen) atoms. The minimum absolute atomic E-state index is 0.541. The van der Waals surface area contributed by atoms with Crippen LogP contribution in [0.1, 0.15) is 5.56 Å². The molecule has 0 aliphatic heterocycles. The topological polar surface area (TPSA) is 12.9 Å². The van der Waals surface area contributed by atoms with Gasteiger partial charge in [0.25, 0.3) is 0 Å². The Bertz CT molecular complexity index is 442. The molecular formula is C10H7BrClN. The lowest BCUT2D eigenvalue weighted by Crippen LogP contribution is -1.82. The van der Waals surface area contributed by atoms with Crippen LogP contribution in [0.3, 0.4) is 0 Å². The number of nitrogens with zero attached hydrogens (tertiary/aromatic N) is 1. The molecule has 0 aliphatic carbocycles. The van der Waals surface area contributed by atoms with Crippen LogP contribution in [0.5, 0.6) is 0 Å². The van der Waals surface area contributed by atoms with Crippen molar-refractivity contribution in [2.24, 2.45) is 0 Å². The summed E-state index contributed by atoms with van der Waals surface area (Å²) in [5.74, 6) is 0. The van der Waals surface area contributed by atoms with Gasteiger partial charge in [-0.2, -0.15) is 0 Å². The third-order valence-corrected chi connectivity index (χ3v) is 2.73. The number of halogens is 2. The average molecular weight is 257 g/mol. The Balaban J connectivity index is 2.66. The van der Waals surface area contributed by atoms with Crippen LogP contribution in [0.2, 0.25) is 5.15 Å². The zero-order valence-electron chi connectivity index (χ0n) is 6.80. The molecule has 3 heteroatoms. The minimum Gasteiger partial charge on any atom is -0.236 e. The van der Waals surface area contributed by atoms with Gasteiger partial charge < -0.3 is 0 Å². The summed E-state index contributed by atoms with van der Waals surface area (Å²) in [6, 6.07) is 9.92. The molecule has 1 nitrogen and oxygen atoms in total. The summed E-state index contributed by atoms with van der Waals surface area (Å²) >= 11 is 9.18. The Kier molecular flexibility index (Phi) is 2.51. The zero-order valence-corrected chi connectivity index (χ0v) is 9.14. The summed E-state index contributed by atoms with van der Waals surface area (Å²) in [5, 5.41) is 2.53. The number of hydrogen-bond donors (Lipinski definition) is 0. The molecule has 1 heterocycles. The smallest absolute Gasteiger partial charge is 0.129 e. The number of aromatic nitrogens is 1. The molecule has 2 aromatic rings. The number of pyridine rings is 1. The Labute approximate surface area is 89.9 Å². The highest BCUT2D eigenvalue weighted by Crippen LogP contribution is 2.18. The number of alkyl halides is 1. The fourth-order valence-electron chi connectivity index (χ4n) is 1.23. The molecule has 0 fully saturated rings. The van der Waals surface area contributed by atoms with E-state index in [9.17, 15) is 0 Å². The van der Waals surface area contributed by atoms with Gasteiger partial charge in [-0.3, -0.25) is 0 Å². The first-order valence-corrected chi connectivity index (χ1v) is 5.41. The molecule has 0 amide bonds. The summed E-state index contributed by atoms with van der Waals surface area (Å²) in [6.45, 7) is 0. The van der Waals surface area contributed by atoms with Crippen molar-refractivity contribution in [2.75, 3.05) is 0 Å². The number of hydrogen-bond acceptors (Lipinski definition) is 1. The average Bonchev–Trinajstić information content (AvgIpc) is 2.17. The summed E-state index contributed by atoms with van der Waals surface area (Å²) in [7, 11) is 0. The van der Waals surface area contributed by atoms with E-state index in [4.69, 9.17) is 11.6 Å². The quantitative estimate of drug-likeness (QED) is 0.559. The molecule has 1 aromatic carbocycles. The maximum atomic E-state index is 5.77. The molecule has 0 radical (unpaired) electrons. The summed E-state index contributed by atoms with van der Waals surface area (Å²) in [6.07, 6.45) is 0. The minimum atomic E-state index is 0.541. The van der Waals surface area contributed by atoms with Gasteiger partial charge in [0.15, 0.2) is 0 Å². The van der Waals surface area contributed by atoms with E-state index in [-0.39, 0.29) is 0 Å². The van der Waals surface area contributed by atoms with Crippen molar-refractivity contribution in [1.82, 2.24) is 4.98 Å². The van der Waals surface area contributed by atoms with Crippen LogP contribution in [0.15, 0.2) is 30.3 Å². The summed E-state index contributed by atoms with van der Waals surface area (Å²) < 4.78 is 0. The van der Waals surface area contributed by atoms with Gasteiger partial charge in [-0.25, -0.2) is 4.98 Å². The molecule has 1 aromatic heterocycles. The van der Waals surface area contributed by atoms with Crippen LogP contribution < -0.4 is 0 Å². The van der Waals surface area contributed by atoms with E-state index in [1.807, 2.05) is 24.3 Å². The largest absolute Gasteiger partial charge is 0.236 e. The number of benzene rings is 1. The van der Waals surface area contributed by atoms with E-state index in [0.29, 0.717) is 5.15 Å². The predicted molar refractivity (Wildman–Crippen MR) is 59.4 cm³/mol. The highest BCUT2D eigenvalue weighted by Gasteiger charge is 1.97. The molecule has 0 saturated heterocycles. The van der Waals surface area contributed by atoms with Gasteiger partial charge in [-0.15, -0.1) is 0 Å². The molecule has 0 spiro atoms. The lowest BCUT2D eigenvalue weighted by molar-refractivity contribution is 1.38. The maximum absolute atomic E-state index is 5.77. The van der Waals surface area contributed by atoms with Crippen molar-refractivity contribution in [3.8, 4) is 0 Å². The van der Waals surface area contributed by atoms with Gasteiger partial charge >= 0.3 is 0 Å². The van der Waals surface area contributed by atoms with E-state index in [1.54, 1.807) is 0 Å². The van der Waals surface area contributed by atoms with Crippen LogP contribution in [-0.2, 0) is 5.33 Å². The van der Waals surface area contributed by atoms with Crippen molar-refractivity contribution >= 4 is 38.4 Å². The van der Waals surface area contributed by atoms with E-state index in [1.165, 1.54) is 5.56 Å². The summed E-state index contributed by atoms with van der Waals surface area (Å²) in [5.41, 5.74) is 2.19. The predicted octanol–water partition coefficient (Wildman–Crippen LogP) is 3.78. The lowest BCUT2D eigenvalue weighted by atomic mass is 10.1. The SMILES string of the molecule is Clc1ccc2cc(CBr)ccc2n1. The second kappa shape index (κ2) is 3.64. The highest BCUT2D eigenvalue weighted by molar-refractivity contribution is 9.08. The van der Waals surface area contributed by atoms with E-state index in [2.05, 4.69) is 27.0 Å². The monoisotopic (exact) mass is 255 g/mol. The third kappa shape index (κ3) is 1.84. The van der Waals surface area contributed by atoms with Crippen molar-refractivity contribution in [3.63, 3.8) is 0 Å². The van der Waals surface area contributed by atoms with Crippen molar-refractivity contribution < 1.29 is 0 Å². The van der Waals surface area contributed by atoms with Gasteiger partial charge in [-0.1, -0.05) is 33.6 Å². The van der Waals surface area contributed by atoms with Gasteiger partial charge in [0.05, 0.1) is 5.52 Å². The molecule has 0 unspecified atom stereocenters. The van der Waals surface area contributed by atoms with Gasteiger partial charge in [0.2, 0.25) is 0 Å². The first-order chi connectivity index (χ1) is 6.29. The maximum Gasteiger partial charge on any atom is 0.129 e. The third-order valence-electron chi connectivity index (χ3n) is 1.87. The van der Waals surface area contributed by atoms with Crippen LogP contribution in [0.4, 0.5) is 0 Å². The Morgan fingerprint density at radius 3 is 2.85 bits per heavy atom. The molecule has 0 aliphatic rings. The van der Waals surface area contributed by atoms with E-state index < -0.39 is 0 Å². The van der Waals surface area contributed by atoms with Crippen molar-refractivity contribution in [2.45, 2.75) is 5.33 Å². The number of fused-ring (bicyclic) bond motifs is 1. The van der Waals surface area contributed by atoms with Gasteiger partial charge in [0, 0.05) is 10.7 Å². The first kappa shape index (κ1) is 8.97. The van der Waals surface area contributed by atoms with Gasteiger partial charge in [-0.05, 0) is 29.8 Å². The van der Waals surface area contributed by atoms with Crippen LogP contribution >= 0.6 is 27.5 Å². The second-order valence-electron chi connectivity index (χ2n) is 2.79. The molecule has 0 N–H and O–H groups in total. The number of rotatable bonds is 1. The Morgan fingerprint density at radius 2 is 2.08 bits per heavy atom. The molecule has 0 saturated carbocycles. The van der Waals surface area contributed by atoms with Crippen molar-refractivity contribution in [3.05, 3.63) is 41.0 Å². The Hall–Kier alpha value is -0.600. The highest BCUT2D eigenvalue weighted by atomic mass is 79.9. The van der Waals surface area contributed by atoms with E-state index >= 15 is 0 Å². The zero-order chi connectivity index (χ0) is 9.26. The summed E-state index contributed by atoms with van der Waals surface area (Å²) in [4.78, 5) is 4.20. The molecule has 0 atom stereocenters. The Morgan fingerprint density at radius 1 is 1.23 bits per heavy atom. The van der Waals surface area contributed by atoms with Gasteiger partial charge in [0.1, 0.15) is 5.15 Å². The first-order valence-electron chi connectivity index (χ1n) is 3.91. The fourth-order valence-corrected chi connectivity index (χ4v) is 1.74. The standard InChI is InChI=1S/C10H7BrClN/c11-6-7-1-3-9-8(5-7)2-4-10(12)13-9/h1-5H,6H2. The normalized spacial score (nSPS) is 10.6. The molecule has 66 valence electrons. The fraction of sp³-hybridized carbons (Fsp3) is 0.100. The lowest BCUT2D eigenvalue weighted by Gasteiger charge is -1.99. The molecular weight excluding hydrogens is 249 g/mol. The molecule has 2 rings (SSSR count). The molecule has 0 bridgehead atoms. The van der Waals surface area contributed by atoms with Crippen LogP contribution in [0, 0.1) is 0 Å². The van der Waals surface area contributed by atoms with Crippen LogP contribution in [0.25, 0.3) is 10.9 Å². The van der Waals surface area contributed by atoms with Crippen molar-refractivity contribution in [1.29, 1.82) is 0 Å². The van der Waals surface area contributed by atoms with E-state index in [0.717, 1.165) is 16.2 Å².